The molecule has 0 atom stereocenters. The lowest BCUT2D eigenvalue weighted by Gasteiger charge is -1.89. The van der Waals surface area contributed by atoms with Crippen LogP contribution in [0.3, 0.4) is 0 Å². The Morgan fingerprint density at radius 2 is 2.09 bits per heavy atom. The van der Waals surface area contributed by atoms with Crippen molar-refractivity contribution >= 4 is 24.8 Å². The van der Waals surface area contributed by atoms with Gasteiger partial charge in [0.15, 0.2) is 0 Å². The summed E-state index contributed by atoms with van der Waals surface area (Å²) in [6.45, 7) is 1.83. The average Bonchev–Trinajstić information content (AvgIpc) is 2.33. The molecule has 0 radical (unpaired) electrons. The summed E-state index contributed by atoms with van der Waals surface area (Å²) in [6, 6.07) is 0. The number of aromatic nitrogens is 2. The number of nitrogens with zero attached hydrogens (tertiary/aromatic N) is 2. The van der Waals surface area contributed by atoms with Gasteiger partial charge in [-0.2, -0.15) is 0 Å². The molecule has 2 heterocycles. The van der Waals surface area contributed by atoms with Gasteiger partial charge in [0.05, 0.1) is 5.69 Å². The number of hydrogen-bond acceptors (Lipinski definition) is 3. The molecule has 62 valence electrons. The molecule has 1 aliphatic heterocycles. The first kappa shape index (κ1) is 10.6. The molecule has 1 aliphatic rings. The van der Waals surface area contributed by atoms with Crippen LogP contribution in [-0.4, -0.2) is 9.97 Å². The maximum Gasteiger partial charge on any atom is 0.115 e. The summed E-state index contributed by atoms with van der Waals surface area (Å²) >= 11 is 0. The molecule has 0 spiro atoms. The second-order valence-electron chi connectivity index (χ2n) is 2.10. The van der Waals surface area contributed by atoms with Crippen LogP contribution in [0.5, 0.6) is 0 Å². The number of hydrogen-bond donors (Lipinski definition) is 1. The van der Waals surface area contributed by atoms with Gasteiger partial charge >= 0.3 is 0 Å². The molecule has 0 bridgehead atoms. The van der Waals surface area contributed by atoms with Crippen molar-refractivity contribution in [3.05, 3.63) is 23.8 Å². The van der Waals surface area contributed by atoms with Gasteiger partial charge < -0.3 is 5.32 Å². The zero-order chi connectivity index (χ0) is 6.10. The van der Waals surface area contributed by atoms with E-state index >= 15 is 0 Å². The van der Waals surface area contributed by atoms with E-state index in [0.29, 0.717) is 0 Å². The molecule has 3 nitrogen and oxygen atoms in total. The molecule has 2 rings (SSSR count). The van der Waals surface area contributed by atoms with Crippen LogP contribution in [0.1, 0.15) is 11.3 Å². The van der Waals surface area contributed by atoms with Gasteiger partial charge in [-0.3, -0.25) is 0 Å². The number of fused-ring (bicyclic) bond motifs is 1. The molecular weight excluding hydrogens is 185 g/mol. The fourth-order valence-electron chi connectivity index (χ4n) is 1.01. The molecule has 0 unspecified atom stereocenters. The van der Waals surface area contributed by atoms with E-state index in [1.54, 1.807) is 6.33 Å². The Bertz CT molecular complexity index is 206. The van der Waals surface area contributed by atoms with Crippen LogP contribution in [0.2, 0.25) is 0 Å². The highest BCUT2D eigenvalue weighted by Crippen LogP contribution is 2.08. The Morgan fingerprint density at radius 1 is 1.27 bits per heavy atom. The second-order valence-corrected chi connectivity index (χ2v) is 2.10. The number of halogens is 2. The average molecular weight is 194 g/mol. The summed E-state index contributed by atoms with van der Waals surface area (Å²) < 4.78 is 0. The summed E-state index contributed by atoms with van der Waals surface area (Å²) in [7, 11) is 0. The second kappa shape index (κ2) is 4.49. The third kappa shape index (κ3) is 2.02. The number of nitrogens with one attached hydrogen (secondary N) is 1. The Kier molecular flexibility index (Phi) is 4.33. The molecule has 1 aromatic rings. The van der Waals surface area contributed by atoms with Crippen LogP contribution in [-0.2, 0) is 13.1 Å². The minimum absolute atomic E-state index is 0. The van der Waals surface area contributed by atoms with E-state index < -0.39 is 0 Å². The van der Waals surface area contributed by atoms with E-state index in [1.807, 2.05) is 6.20 Å². The van der Waals surface area contributed by atoms with Crippen molar-refractivity contribution in [1.82, 2.24) is 15.3 Å². The summed E-state index contributed by atoms with van der Waals surface area (Å²) in [5.74, 6) is 0. The van der Waals surface area contributed by atoms with Gasteiger partial charge in [0, 0.05) is 24.8 Å². The van der Waals surface area contributed by atoms with Gasteiger partial charge in [-0.15, -0.1) is 24.8 Å². The Labute approximate surface area is 77.5 Å². The monoisotopic (exact) mass is 193 g/mol. The minimum atomic E-state index is 0. The van der Waals surface area contributed by atoms with Gasteiger partial charge in [0.1, 0.15) is 6.33 Å². The van der Waals surface area contributed by atoms with Crippen LogP contribution in [0.25, 0.3) is 0 Å². The standard InChI is InChI=1S/C6H7N3.2ClH/c1-5-2-8-4-9-6(5)3-7-1;;/h2,4,7H,1,3H2;2*1H. The summed E-state index contributed by atoms with van der Waals surface area (Å²) in [5, 5.41) is 3.19. The SMILES string of the molecule is Cl.Cl.c1ncc2c(n1)CNC2. The van der Waals surface area contributed by atoms with E-state index in [-0.39, 0.29) is 24.8 Å². The van der Waals surface area contributed by atoms with Gasteiger partial charge in [-0.25, -0.2) is 9.97 Å². The first-order chi connectivity index (χ1) is 4.47. The van der Waals surface area contributed by atoms with Crippen LogP contribution in [0, 0.1) is 0 Å². The van der Waals surface area contributed by atoms with E-state index in [2.05, 4.69) is 15.3 Å². The molecule has 0 saturated carbocycles. The maximum absolute atomic E-state index is 4.09. The highest BCUT2D eigenvalue weighted by molar-refractivity contribution is 5.85. The highest BCUT2D eigenvalue weighted by Gasteiger charge is 2.08. The summed E-state index contributed by atoms with van der Waals surface area (Å²) in [5.41, 5.74) is 2.38. The van der Waals surface area contributed by atoms with Crippen molar-refractivity contribution in [1.29, 1.82) is 0 Å². The predicted octanol–water partition coefficient (Wildman–Crippen LogP) is 0.923. The lowest BCUT2D eigenvalue weighted by Crippen LogP contribution is -2.00. The quantitative estimate of drug-likeness (QED) is 0.667. The molecule has 1 N–H and O–H groups in total. The normalized spacial score (nSPS) is 12.7. The van der Waals surface area contributed by atoms with E-state index in [1.165, 1.54) is 5.56 Å². The van der Waals surface area contributed by atoms with Crippen molar-refractivity contribution in [2.24, 2.45) is 0 Å². The Hall–Kier alpha value is -0.380. The Morgan fingerprint density at radius 3 is 2.82 bits per heavy atom. The van der Waals surface area contributed by atoms with E-state index in [9.17, 15) is 0 Å². The molecule has 0 amide bonds. The summed E-state index contributed by atoms with van der Waals surface area (Å²) in [6.07, 6.45) is 3.45. The van der Waals surface area contributed by atoms with Crippen molar-refractivity contribution < 1.29 is 0 Å². The molecular formula is C6H9Cl2N3. The van der Waals surface area contributed by atoms with Crippen LogP contribution < -0.4 is 5.32 Å². The van der Waals surface area contributed by atoms with Crippen molar-refractivity contribution in [3.63, 3.8) is 0 Å². The fraction of sp³-hybridized carbons (Fsp3) is 0.333. The molecule has 0 aliphatic carbocycles. The van der Waals surface area contributed by atoms with Gasteiger partial charge in [0.25, 0.3) is 0 Å². The first-order valence-corrected chi connectivity index (χ1v) is 2.95. The van der Waals surface area contributed by atoms with Crippen molar-refractivity contribution in [3.8, 4) is 0 Å². The molecule has 1 aromatic heterocycles. The van der Waals surface area contributed by atoms with Crippen LogP contribution in [0.15, 0.2) is 12.5 Å². The topological polar surface area (TPSA) is 37.8 Å². The molecule has 0 saturated heterocycles. The molecule has 5 heteroatoms. The minimum Gasteiger partial charge on any atom is -0.307 e. The van der Waals surface area contributed by atoms with Crippen molar-refractivity contribution in [2.45, 2.75) is 13.1 Å². The van der Waals surface area contributed by atoms with Gasteiger partial charge in [0.2, 0.25) is 0 Å². The third-order valence-corrected chi connectivity index (χ3v) is 1.49. The van der Waals surface area contributed by atoms with E-state index in [0.717, 1.165) is 18.8 Å². The molecule has 0 fully saturated rings. The lowest BCUT2D eigenvalue weighted by molar-refractivity contribution is 0.757. The van der Waals surface area contributed by atoms with Crippen LogP contribution in [0.4, 0.5) is 0 Å². The van der Waals surface area contributed by atoms with Crippen molar-refractivity contribution in [2.75, 3.05) is 0 Å². The zero-order valence-corrected chi connectivity index (χ0v) is 7.41. The van der Waals surface area contributed by atoms with Crippen LogP contribution >= 0.6 is 24.8 Å². The smallest absolute Gasteiger partial charge is 0.115 e. The molecule has 0 aromatic carbocycles. The summed E-state index contributed by atoms with van der Waals surface area (Å²) in [4.78, 5) is 7.99. The maximum atomic E-state index is 4.09. The fourth-order valence-corrected chi connectivity index (χ4v) is 1.01. The van der Waals surface area contributed by atoms with E-state index in [4.69, 9.17) is 0 Å². The lowest BCUT2D eigenvalue weighted by atomic mass is 10.3. The highest BCUT2D eigenvalue weighted by atomic mass is 35.5. The van der Waals surface area contributed by atoms with Gasteiger partial charge in [-0.1, -0.05) is 0 Å². The first-order valence-electron chi connectivity index (χ1n) is 2.95. The molecule has 11 heavy (non-hydrogen) atoms. The largest absolute Gasteiger partial charge is 0.307 e. The zero-order valence-electron chi connectivity index (χ0n) is 5.78. The Balaban J connectivity index is 0.000000500. The number of rotatable bonds is 0. The van der Waals surface area contributed by atoms with Gasteiger partial charge in [-0.05, 0) is 0 Å². The third-order valence-electron chi connectivity index (χ3n) is 1.49. The predicted molar refractivity (Wildman–Crippen MR) is 47.1 cm³/mol.